The molecule has 42 heavy (non-hydrogen) atoms. The molecule has 0 saturated heterocycles. The van der Waals surface area contributed by atoms with Gasteiger partial charge in [0, 0.05) is 15.8 Å². The lowest BCUT2D eigenvalue weighted by Gasteiger charge is -2.15. The monoisotopic (exact) mass is 582 g/mol. The van der Waals surface area contributed by atoms with Crippen LogP contribution in [-0.4, -0.2) is 35.5 Å². The first-order chi connectivity index (χ1) is 20.4. The normalized spacial score (nSPS) is 13.8. The van der Waals surface area contributed by atoms with E-state index in [-0.39, 0.29) is 6.61 Å². The van der Waals surface area contributed by atoms with Crippen LogP contribution in [0.25, 0.3) is 33.3 Å². The van der Waals surface area contributed by atoms with Gasteiger partial charge in [0.1, 0.15) is 10.5 Å². The molecule has 2 heterocycles. The van der Waals surface area contributed by atoms with Crippen molar-refractivity contribution in [2.45, 2.75) is 52.1 Å². The number of thiophene rings is 1. The van der Waals surface area contributed by atoms with Crippen LogP contribution in [0.3, 0.4) is 0 Å². The number of aromatic nitrogens is 1. The Labute approximate surface area is 246 Å². The Morgan fingerprint density at radius 2 is 1.76 bits per heavy atom. The maximum Gasteiger partial charge on any atom is 0.341 e. The number of benzene rings is 3. The van der Waals surface area contributed by atoms with Crippen molar-refractivity contribution in [1.29, 1.82) is 0 Å². The predicted molar refractivity (Wildman–Crippen MR) is 162 cm³/mol. The molecule has 8 nitrogen and oxygen atoms in total. The molecule has 9 heteroatoms. The number of ether oxygens (including phenoxy) is 2. The molecule has 1 atom stereocenters. The summed E-state index contributed by atoms with van der Waals surface area (Å²) in [4.78, 5) is 45.4. The maximum absolute atomic E-state index is 13.5. The van der Waals surface area contributed by atoms with Gasteiger partial charge >= 0.3 is 11.9 Å². The molecule has 1 aliphatic rings. The Morgan fingerprint density at radius 1 is 0.976 bits per heavy atom. The van der Waals surface area contributed by atoms with Crippen LogP contribution in [-0.2, 0) is 27.1 Å². The van der Waals surface area contributed by atoms with E-state index in [4.69, 9.17) is 13.9 Å². The molecule has 0 bridgehead atoms. The average molecular weight is 583 g/mol. The van der Waals surface area contributed by atoms with Gasteiger partial charge in [-0.2, -0.15) is 0 Å². The quantitative estimate of drug-likeness (QED) is 0.158. The van der Waals surface area contributed by atoms with Crippen molar-refractivity contribution in [1.82, 2.24) is 4.98 Å². The van der Waals surface area contributed by atoms with E-state index in [0.29, 0.717) is 44.1 Å². The second kappa shape index (κ2) is 11.8. The fourth-order valence-corrected chi connectivity index (χ4v) is 6.70. The molecule has 0 radical (unpaired) electrons. The Morgan fingerprint density at radius 3 is 2.57 bits per heavy atom. The molecule has 1 N–H and O–H groups in total. The number of rotatable bonds is 7. The molecule has 2 aromatic heterocycles. The van der Waals surface area contributed by atoms with Crippen LogP contribution in [0.1, 0.15) is 64.3 Å². The van der Waals surface area contributed by atoms with Crippen molar-refractivity contribution in [3.05, 3.63) is 82.2 Å². The number of nitrogens with one attached hydrogen (secondary N) is 1. The standard InChI is InChI=1S/C33H30N2O6S/c1-3-39-33(38)28-21-13-5-4-6-18-26(21)42-31(28)35-29(36)19(2)40-32(37)23-15-10-12-20-11-9-14-22(27(20)23)30-34-24-16-7-8-17-25(24)41-30/h7-12,14-17,19H,3-6,13,18H2,1-2H3,(H,35,36). The third kappa shape index (κ3) is 5.27. The van der Waals surface area contributed by atoms with Crippen LogP contribution in [0, 0.1) is 0 Å². The van der Waals surface area contributed by atoms with E-state index in [9.17, 15) is 14.4 Å². The molecule has 3 aromatic carbocycles. The number of hydrogen-bond acceptors (Lipinski definition) is 8. The Hall–Kier alpha value is -4.50. The van der Waals surface area contributed by atoms with Crippen LogP contribution in [0.15, 0.2) is 65.1 Å². The van der Waals surface area contributed by atoms with Crippen molar-refractivity contribution < 1.29 is 28.3 Å². The molecular formula is C33H30N2O6S. The van der Waals surface area contributed by atoms with Gasteiger partial charge in [-0.25, -0.2) is 14.6 Å². The molecule has 1 amide bonds. The predicted octanol–water partition coefficient (Wildman–Crippen LogP) is 7.34. The molecule has 0 saturated carbocycles. The minimum atomic E-state index is -1.12. The Balaban J connectivity index is 1.27. The minimum Gasteiger partial charge on any atom is -0.462 e. The number of aryl methyl sites for hydroxylation is 1. The van der Waals surface area contributed by atoms with E-state index in [1.165, 1.54) is 18.3 Å². The topological polar surface area (TPSA) is 108 Å². The summed E-state index contributed by atoms with van der Waals surface area (Å²) in [5.74, 6) is -1.24. The number of oxazole rings is 1. The highest BCUT2D eigenvalue weighted by Gasteiger charge is 2.29. The largest absolute Gasteiger partial charge is 0.462 e. The Kier molecular flexibility index (Phi) is 7.75. The summed E-state index contributed by atoms with van der Waals surface area (Å²) in [5, 5.41) is 4.72. The number of carbonyl (C=O) groups excluding carboxylic acids is 3. The fraction of sp³-hybridized carbons (Fsp3) is 0.273. The van der Waals surface area contributed by atoms with Crippen LogP contribution in [0.5, 0.6) is 0 Å². The number of esters is 2. The number of anilines is 1. The average Bonchev–Trinajstić information content (AvgIpc) is 3.50. The second-order valence-corrected chi connectivity index (χ2v) is 11.3. The van der Waals surface area contributed by atoms with Crippen LogP contribution < -0.4 is 5.32 Å². The van der Waals surface area contributed by atoms with E-state index in [2.05, 4.69) is 10.3 Å². The van der Waals surface area contributed by atoms with E-state index >= 15 is 0 Å². The number of nitrogens with zero attached hydrogens (tertiary/aromatic N) is 1. The van der Waals surface area contributed by atoms with Gasteiger partial charge < -0.3 is 19.2 Å². The van der Waals surface area contributed by atoms with Crippen molar-refractivity contribution in [2.75, 3.05) is 11.9 Å². The number of carbonyl (C=O) groups is 3. The lowest BCUT2D eigenvalue weighted by Crippen LogP contribution is -2.30. The van der Waals surface area contributed by atoms with Crippen LogP contribution >= 0.6 is 11.3 Å². The van der Waals surface area contributed by atoms with Crippen molar-refractivity contribution in [3.8, 4) is 11.5 Å². The SMILES string of the molecule is CCOC(=O)c1c(NC(=O)C(C)OC(=O)c2cccc3cccc(-c4nc5ccccc5o4)c23)sc2c1CCCCC2. The van der Waals surface area contributed by atoms with Crippen molar-refractivity contribution in [3.63, 3.8) is 0 Å². The van der Waals surface area contributed by atoms with Gasteiger partial charge in [-0.05, 0) is 74.7 Å². The highest BCUT2D eigenvalue weighted by Crippen LogP contribution is 2.38. The summed E-state index contributed by atoms with van der Waals surface area (Å²) >= 11 is 1.40. The third-order valence-corrected chi connectivity index (χ3v) is 8.65. The zero-order valence-electron chi connectivity index (χ0n) is 23.4. The smallest absolute Gasteiger partial charge is 0.341 e. The van der Waals surface area contributed by atoms with E-state index in [0.717, 1.165) is 47.9 Å². The lowest BCUT2D eigenvalue weighted by molar-refractivity contribution is -0.123. The molecule has 1 unspecified atom stereocenters. The van der Waals surface area contributed by atoms with Crippen molar-refractivity contribution in [2.24, 2.45) is 0 Å². The highest BCUT2D eigenvalue weighted by molar-refractivity contribution is 7.17. The van der Waals surface area contributed by atoms with E-state index in [1.54, 1.807) is 19.1 Å². The first-order valence-corrected chi connectivity index (χ1v) is 15.0. The first-order valence-electron chi connectivity index (χ1n) is 14.2. The van der Waals surface area contributed by atoms with Gasteiger partial charge in [0.15, 0.2) is 11.7 Å². The molecule has 1 aliphatic carbocycles. The summed E-state index contributed by atoms with van der Waals surface area (Å²) in [7, 11) is 0. The lowest BCUT2D eigenvalue weighted by atomic mass is 9.99. The zero-order valence-corrected chi connectivity index (χ0v) is 24.2. The zero-order chi connectivity index (χ0) is 29.2. The number of fused-ring (bicyclic) bond motifs is 3. The van der Waals surface area contributed by atoms with Crippen molar-refractivity contribution >= 4 is 56.1 Å². The summed E-state index contributed by atoms with van der Waals surface area (Å²) in [5.41, 5.74) is 3.67. The number of hydrogen-bond donors (Lipinski definition) is 1. The fourth-order valence-electron chi connectivity index (χ4n) is 5.42. The first kappa shape index (κ1) is 27.7. The minimum absolute atomic E-state index is 0.238. The summed E-state index contributed by atoms with van der Waals surface area (Å²) in [6, 6.07) is 18.4. The Bertz CT molecular complexity index is 1780. The van der Waals surface area contributed by atoms with Gasteiger partial charge in [-0.3, -0.25) is 4.79 Å². The summed E-state index contributed by atoms with van der Waals surface area (Å²) in [6.07, 6.45) is 3.61. The molecule has 6 rings (SSSR count). The van der Waals surface area contributed by atoms with Crippen LogP contribution in [0.2, 0.25) is 0 Å². The number of para-hydroxylation sites is 2. The molecular weight excluding hydrogens is 552 g/mol. The van der Waals surface area contributed by atoms with Crippen LogP contribution in [0.4, 0.5) is 5.00 Å². The highest BCUT2D eigenvalue weighted by atomic mass is 32.1. The van der Waals surface area contributed by atoms with Gasteiger partial charge in [-0.15, -0.1) is 11.3 Å². The summed E-state index contributed by atoms with van der Waals surface area (Å²) in [6.45, 7) is 3.51. The van der Waals surface area contributed by atoms with Gasteiger partial charge in [0.05, 0.1) is 17.7 Å². The molecule has 0 spiro atoms. The van der Waals surface area contributed by atoms with Gasteiger partial charge in [0.25, 0.3) is 5.91 Å². The molecule has 0 fully saturated rings. The molecule has 214 valence electrons. The van der Waals surface area contributed by atoms with E-state index in [1.807, 2.05) is 48.5 Å². The van der Waals surface area contributed by atoms with E-state index < -0.39 is 23.9 Å². The summed E-state index contributed by atoms with van der Waals surface area (Å²) < 4.78 is 17.0. The van der Waals surface area contributed by atoms with Gasteiger partial charge in [-0.1, -0.05) is 42.8 Å². The molecule has 5 aromatic rings. The second-order valence-electron chi connectivity index (χ2n) is 10.2. The maximum atomic E-state index is 13.5. The molecule has 0 aliphatic heterocycles. The number of amides is 1. The third-order valence-electron chi connectivity index (χ3n) is 7.44. The van der Waals surface area contributed by atoms with Gasteiger partial charge in [0.2, 0.25) is 5.89 Å².